The maximum atomic E-state index is 12.6. The highest BCUT2D eigenvalue weighted by Gasteiger charge is 2.61. The molecule has 4 saturated carbocycles. The van der Waals surface area contributed by atoms with E-state index in [1.54, 1.807) is 0 Å². The number of fused-ring (bicyclic) bond motifs is 5. The Bertz CT molecular complexity index is 787. The van der Waals surface area contributed by atoms with Gasteiger partial charge in [0.05, 0.1) is 5.60 Å². The van der Waals surface area contributed by atoms with E-state index in [1.165, 1.54) is 24.8 Å². The number of rotatable bonds is 2. The molecule has 29 heavy (non-hydrogen) atoms. The van der Waals surface area contributed by atoms with Crippen LogP contribution >= 0.6 is 0 Å². The van der Waals surface area contributed by atoms with Crippen LogP contribution in [0.2, 0.25) is 0 Å². The van der Waals surface area contributed by atoms with E-state index in [9.17, 15) is 9.90 Å². The summed E-state index contributed by atoms with van der Waals surface area (Å²) in [5.74, 6) is 3.46. The van der Waals surface area contributed by atoms with Gasteiger partial charge in [0.25, 0.3) is 0 Å². The predicted molar refractivity (Wildman–Crippen MR) is 117 cm³/mol. The zero-order valence-corrected chi connectivity index (χ0v) is 18.5. The highest BCUT2D eigenvalue weighted by molar-refractivity contribution is 5.87. The molecular formula is C27H38O2. The van der Waals surface area contributed by atoms with Gasteiger partial charge in [-0.25, -0.2) is 0 Å². The summed E-state index contributed by atoms with van der Waals surface area (Å²) in [5.41, 5.74) is 1.01. The quantitative estimate of drug-likeness (QED) is 0.655. The van der Waals surface area contributed by atoms with Crippen molar-refractivity contribution < 1.29 is 9.90 Å². The summed E-state index contributed by atoms with van der Waals surface area (Å²) in [5, 5.41) is 11.7. The van der Waals surface area contributed by atoms with E-state index >= 15 is 0 Å². The van der Waals surface area contributed by atoms with Crippen molar-refractivity contribution in [3.63, 3.8) is 0 Å². The van der Waals surface area contributed by atoms with Crippen LogP contribution in [0.3, 0.4) is 0 Å². The standard InChI is InChI=1S/C27H38O2/c1-18(19-7-5-4-6-8-19)27(29)16-15-25(2)20(17-27)9-10-21-22-11-12-24(28)26(22,3)14-13-23(21)25/h4-8,18,20-23,29H,9-17H2,1-3H3/t18?,20-,21+,22+,23+,25+,26+,27-/m1/s1. The largest absolute Gasteiger partial charge is 0.389 e. The number of hydrogen-bond acceptors (Lipinski definition) is 2. The zero-order chi connectivity index (χ0) is 20.4. The Labute approximate surface area is 176 Å². The van der Waals surface area contributed by atoms with Crippen LogP contribution in [0.4, 0.5) is 0 Å². The van der Waals surface area contributed by atoms with Gasteiger partial charge >= 0.3 is 0 Å². The number of carbonyl (C=O) groups is 1. The Hall–Kier alpha value is -1.15. The molecule has 0 aromatic heterocycles. The van der Waals surface area contributed by atoms with Crippen LogP contribution in [0.1, 0.15) is 90.0 Å². The summed E-state index contributed by atoms with van der Waals surface area (Å²) in [6.07, 6.45) is 9.79. The highest BCUT2D eigenvalue weighted by atomic mass is 16.3. The number of carbonyl (C=O) groups excluding carboxylic acids is 1. The molecule has 0 radical (unpaired) electrons. The van der Waals surface area contributed by atoms with Gasteiger partial charge in [0.15, 0.2) is 0 Å². The number of aliphatic hydroxyl groups is 1. The van der Waals surface area contributed by atoms with Crippen LogP contribution in [0.25, 0.3) is 0 Å². The normalized spacial score (nSPS) is 47.8. The molecule has 4 fully saturated rings. The minimum absolute atomic E-state index is 0.0262. The van der Waals surface area contributed by atoms with E-state index in [2.05, 4.69) is 51.1 Å². The third-order valence-corrected chi connectivity index (χ3v) is 10.6. The van der Waals surface area contributed by atoms with Gasteiger partial charge in [-0.05, 0) is 86.0 Å². The maximum Gasteiger partial charge on any atom is 0.139 e. The van der Waals surface area contributed by atoms with Gasteiger partial charge in [-0.3, -0.25) is 4.79 Å². The van der Waals surface area contributed by atoms with Gasteiger partial charge in [0.1, 0.15) is 5.78 Å². The van der Waals surface area contributed by atoms with Crippen molar-refractivity contribution in [2.75, 3.05) is 0 Å². The molecule has 2 heteroatoms. The van der Waals surface area contributed by atoms with Crippen molar-refractivity contribution in [1.29, 1.82) is 0 Å². The zero-order valence-electron chi connectivity index (χ0n) is 18.5. The van der Waals surface area contributed by atoms with Crippen LogP contribution in [-0.2, 0) is 4.79 Å². The molecule has 1 unspecified atom stereocenters. The van der Waals surface area contributed by atoms with Crippen molar-refractivity contribution in [2.24, 2.45) is 34.5 Å². The lowest BCUT2D eigenvalue weighted by Crippen LogP contribution is -2.56. The summed E-state index contributed by atoms with van der Waals surface area (Å²) < 4.78 is 0. The summed E-state index contributed by atoms with van der Waals surface area (Å²) >= 11 is 0. The fourth-order valence-electron chi connectivity index (χ4n) is 8.49. The van der Waals surface area contributed by atoms with E-state index in [0.717, 1.165) is 50.4 Å². The van der Waals surface area contributed by atoms with E-state index in [1.807, 2.05) is 0 Å². The topological polar surface area (TPSA) is 37.3 Å². The molecule has 158 valence electrons. The van der Waals surface area contributed by atoms with Crippen molar-refractivity contribution in [3.8, 4) is 0 Å². The van der Waals surface area contributed by atoms with E-state index < -0.39 is 5.60 Å². The number of ketones is 1. The third kappa shape index (κ3) is 2.81. The number of Topliss-reactive ketones (excluding diaryl/α,β-unsaturated/α-hetero) is 1. The van der Waals surface area contributed by atoms with Gasteiger partial charge in [-0.2, -0.15) is 0 Å². The van der Waals surface area contributed by atoms with Crippen LogP contribution in [0.5, 0.6) is 0 Å². The Morgan fingerprint density at radius 2 is 1.72 bits per heavy atom. The van der Waals surface area contributed by atoms with Crippen LogP contribution in [-0.4, -0.2) is 16.5 Å². The van der Waals surface area contributed by atoms with Gasteiger partial charge in [0, 0.05) is 17.8 Å². The first-order valence-corrected chi connectivity index (χ1v) is 12.1. The average Bonchev–Trinajstić information content (AvgIpc) is 3.03. The van der Waals surface area contributed by atoms with E-state index in [-0.39, 0.29) is 11.3 Å². The van der Waals surface area contributed by atoms with Gasteiger partial charge in [-0.1, -0.05) is 51.1 Å². The van der Waals surface area contributed by atoms with Crippen molar-refractivity contribution >= 4 is 5.78 Å². The van der Waals surface area contributed by atoms with E-state index in [0.29, 0.717) is 23.0 Å². The summed E-state index contributed by atoms with van der Waals surface area (Å²) in [4.78, 5) is 12.6. The van der Waals surface area contributed by atoms with E-state index in [4.69, 9.17) is 0 Å². The predicted octanol–water partition coefficient (Wildman–Crippen LogP) is 6.13. The second-order valence-corrected chi connectivity index (χ2v) is 11.5. The highest BCUT2D eigenvalue weighted by Crippen LogP contribution is 2.66. The molecular weight excluding hydrogens is 356 g/mol. The second-order valence-electron chi connectivity index (χ2n) is 11.5. The van der Waals surface area contributed by atoms with Crippen LogP contribution < -0.4 is 0 Å². The Morgan fingerprint density at radius 3 is 2.48 bits per heavy atom. The molecule has 0 aliphatic heterocycles. The Kier molecular flexibility index (Phi) is 4.55. The van der Waals surface area contributed by atoms with Crippen LogP contribution in [0.15, 0.2) is 30.3 Å². The molecule has 1 aromatic carbocycles. The van der Waals surface area contributed by atoms with Gasteiger partial charge in [0.2, 0.25) is 0 Å². The first-order valence-electron chi connectivity index (χ1n) is 12.1. The lowest BCUT2D eigenvalue weighted by Gasteiger charge is -2.62. The molecule has 4 aliphatic rings. The number of benzene rings is 1. The average molecular weight is 395 g/mol. The Morgan fingerprint density at radius 1 is 0.966 bits per heavy atom. The lowest BCUT2D eigenvalue weighted by molar-refractivity contribution is -0.157. The first kappa shape index (κ1) is 19.8. The minimum atomic E-state index is -0.578. The van der Waals surface area contributed by atoms with Gasteiger partial charge < -0.3 is 5.11 Å². The first-order chi connectivity index (χ1) is 13.8. The van der Waals surface area contributed by atoms with Crippen LogP contribution in [0, 0.1) is 34.5 Å². The molecule has 1 aromatic rings. The molecule has 0 bridgehead atoms. The van der Waals surface area contributed by atoms with Crippen molar-refractivity contribution in [2.45, 2.75) is 90.1 Å². The molecule has 5 rings (SSSR count). The third-order valence-electron chi connectivity index (χ3n) is 10.6. The summed E-state index contributed by atoms with van der Waals surface area (Å²) in [6.45, 7) is 7.04. The fourth-order valence-corrected chi connectivity index (χ4v) is 8.49. The minimum Gasteiger partial charge on any atom is -0.389 e. The van der Waals surface area contributed by atoms with Gasteiger partial charge in [-0.15, -0.1) is 0 Å². The SMILES string of the molecule is CC(c1ccccc1)[C@@]1(O)CC[C@@]2(C)[C@H](CC[C@@H]3[C@@H]2CC[C@]2(C)C(=O)CC[C@@H]32)C1. The smallest absolute Gasteiger partial charge is 0.139 e. The molecule has 0 saturated heterocycles. The van der Waals surface area contributed by atoms with Crippen molar-refractivity contribution in [3.05, 3.63) is 35.9 Å². The molecule has 0 amide bonds. The maximum absolute atomic E-state index is 12.6. The lowest BCUT2D eigenvalue weighted by atomic mass is 9.44. The molecule has 1 N–H and O–H groups in total. The molecule has 0 spiro atoms. The second kappa shape index (κ2) is 6.67. The fraction of sp³-hybridized carbons (Fsp3) is 0.741. The van der Waals surface area contributed by atoms with Crippen molar-refractivity contribution in [1.82, 2.24) is 0 Å². The molecule has 8 atom stereocenters. The number of hydrogen-bond donors (Lipinski definition) is 1. The molecule has 2 nitrogen and oxygen atoms in total. The Balaban J connectivity index is 1.38. The summed E-state index contributed by atoms with van der Waals surface area (Å²) in [7, 11) is 0. The summed E-state index contributed by atoms with van der Waals surface area (Å²) in [6, 6.07) is 10.6. The molecule has 4 aliphatic carbocycles. The molecule has 0 heterocycles. The monoisotopic (exact) mass is 394 g/mol.